The summed E-state index contributed by atoms with van der Waals surface area (Å²) in [6.07, 6.45) is 5.24. The average molecular weight is 367 g/mol. The second kappa shape index (κ2) is 9.34. The Balaban J connectivity index is 1.76. The summed E-state index contributed by atoms with van der Waals surface area (Å²) in [5, 5.41) is 8.93. The van der Waals surface area contributed by atoms with Crippen LogP contribution in [0.2, 0.25) is 0 Å². The third kappa shape index (κ3) is 6.12. The van der Waals surface area contributed by atoms with Crippen molar-refractivity contribution in [1.29, 1.82) is 0 Å². The van der Waals surface area contributed by atoms with Gasteiger partial charge in [0.2, 0.25) is 5.91 Å². The van der Waals surface area contributed by atoms with E-state index in [0.717, 1.165) is 45.2 Å². The Morgan fingerprint density at radius 1 is 1.32 bits per heavy atom. The molecule has 1 aromatic rings. The number of carbonyl (C=O) groups is 2. The zero-order chi connectivity index (χ0) is 18.4. The molecule has 140 valence electrons. The minimum atomic E-state index is -0.793. The van der Waals surface area contributed by atoms with E-state index in [2.05, 4.69) is 19.9 Å². The molecule has 1 N–H and O–H groups in total. The lowest BCUT2D eigenvalue weighted by Gasteiger charge is -2.25. The first-order valence-corrected chi connectivity index (χ1v) is 9.94. The van der Waals surface area contributed by atoms with Gasteiger partial charge in [-0.3, -0.25) is 14.5 Å². The fourth-order valence-electron chi connectivity index (χ4n) is 3.63. The highest BCUT2D eigenvalue weighted by molar-refractivity contribution is 7.12. The van der Waals surface area contributed by atoms with Crippen molar-refractivity contribution in [2.24, 2.45) is 0 Å². The van der Waals surface area contributed by atoms with Crippen molar-refractivity contribution in [3.63, 3.8) is 0 Å². The monoisotopic (exact) mass is 366 g/mol. The third-order valence-electron chi connectivity index (χ3n) is 5.04. The quantitative estimate of drug-likeness (QED) is 0.806. The Hall–Kier alpha value is -1.40. The van der Waals surface area contributed by atoms with Gasteiger partial charge in [-0.05, 0) is 64.6 Å². The first-order valence-electron chi connectivity index (χ1n) is 9.12. The Labute approximate surface area is 154 Å². The smallest absolute Gasteiger partial charge is 0.317 e. The number of aryl methyl sites for hydroxylation is 3. The number of carbonyl (C=O) groups excluding carboxylic acids is 1. The van der Waals surface area contributed by atoms with Gasteiger partial charge in [-0.15, -0.1) is 11.3 Å². The molecule has 2 rings (SSSR count). The van der Waals surface area contributed by atoms with Crippen molar-refractivity contribution in [2.45, 2.75) is 58.4 Å². The Morgan fingerprint density at radius 2 is 2.08 bits per heavy atom. The van der Waals surface area contributed by atoms with Crippen molar-refractivity contribution in [2.75, 3.05) is 26.7 Å². The average Bonchev–Trinajstić information content (AvgIpc) is 2.75. The number of amides is 1. The van der Waals surface area contributed by atoms with Crippen LogP contribution < -0.4 is 0 Å². The number of carboxylic acid groups (broad SMARTS) is 1. The molecular weight excluding hydrogens is 336 g/mol. The van der Waals surface area contributed by atoms with Gasteiger partial charge < -0.3 is 10.0 Å². The van der Waals surface area contributed by atoms with Gasteiger partial charge >= 0.3 is 5.97 Å². The summed E-state index contributed by atoms with van der Waals surface area (Å²) in [6.45, 7) is 5.88. The maximum Gasteiger partial charge on any atom is 0.317 e. The van der Waals surface area contributed by atoms with Crippen LogP contribution in [-0.4, -0.2) is 59.5 Å². The third-order valence-corrected chi connectivity index (χ3v) is 6.05. The summed E-state index contributed by atoms with van der Waals surface area (Å²) < 4.78 is 0. The predicted octanol–water partition coefficient (Wildman–Crippen LogP) is 3.09. The van der Waals surface area contributed by atoms with Crippen LogP contribution in [0.1, 0.15) is 47.4 Å². The van der Waals surface area contributed by atoms with Gasteiger partial charge in [-0.25, -0.2) is 0 Å². The van der Waals surface area contributed by atoms with Crippen LogP contribution in [0.25, 0.3) is 0 Å². The maximum atomic E-state index is 12.5. The molecule has 1 aliphatic rings. The minimum absolute atomic E-state index is 0.0675. The summed E-state index contributed by atoms with van der Waals surface area (Å²) in [7, 11) is 1.86. The molecular formula is C19H30N2O3S. The molecule has 25 heavy (non-hydrogen) atoms. The lowest BCUT2D eigenvalue weighted by molar-refractivity contribution is -0.138. The van der Waals surface area contributed by atoms with E-state index in [0.29, 0.717) is 6.42 Å². The molecule has 6 heteroatoms. The molecule has 0 bridgehead atoms. The van der Waals surface area contributed by atoms with Gasteiger partial charge in [0.15, 0.2) is 0 Å². The van der Waals surface area contributed by atoms with E-state index in [1.54, 1.807) is 0 Å². The molecule has 0 aliphatic carbocycles. The standard InChI is InChI=1S/C19H30N2O3S/c1-14-12-16(15(2)25-14)6-4-8-18(22)21-10-5-7-17(9-11-21)20(3)13-19(23)24/h12,17H,4-11,13H2,1-3H3,(H,23,24). The zero-order valence-electron chi connectivity index (χ0n) is 15.6. The number of hydrogen-bond donors (Lipinski definition) is 1. The van der Waals surface area contributed by atoms with Crippen LogP contribution in [0.5, 0.6) is 0 Å². The Morgan fingerprint density at radius 3 is 2.72 bits per heavy atom. The first-order chi connectivity index (χ1) is 11.9. The Kier molecular flexibility index (Phi) is 7.44. The first kappa shape index (κ1) is 19.9. The molecule has 0 spiro atoms. The van der Waals surface area contributed by atoms with E-state index in [4.69, 9.17) is 5.11 Å². The Bertz CT molecular complexity index is 599. The number of thiophene rings is 1. The van der Waals surface area contributed by atoms with Gasteiger partial charge in [0.25, 0.3) is 0 Å². The van der Waals surface area contributed by atoms with Crippen LogP contribution in [-0.2, 0) is 16.0 Å². The highest BCUT2D eigenvalue weighted by atomic mass is 32.1. The topological polar surface area (TPSA) is 60.9 Å². The predicted molar refractivity (Wildman–Crippen MR) is 101 cm³/mol. The van der Waals surface area contributed by atoms with Crippen molar-refractivity contribution in [3.05, 3.63) is 21.4 Å². The molecule has 2 heterocycles. The van der Waals surface area contributed by atoms with Crippen LogP contribution in [0.15, 0.2) is 6.07 Å². The van der Waals surface area contributed by atoms with Crippen LogP contribution in [0.3, 0.4) is 0 Å². The van der Waals surface area contributed by atoms with E-state index < -0.39 is 5.97 Å². The highest BCUT2D eigenvalue weighted by Crippen LogP contribution is 2.22. The summed E-state index contributed by atoms with van der Waals surface area (Å²) in [6, 6.07) is 2.49. The summed E-state index contributed by atoms with van der Waals surface area (Å²) in [5.74, 6) is -0.551. The van der Waals surface area contributed by atoms with Gasteiger partial charge in [0.05, 0.1) is 6.54 Å². The largest absolute Gasteiger partial charge is 0.480 e. The fourth-order valence-corrected chi connectivity index (χ4v) is 4.61. The van der Waals surface area contributed by atoms with Crippen LogP contribution in [0, 0.1) is 13.8 Å². The molecule has 1 aromatic heterocycles. The van der Waals surface area contributed by atoms with E-state index in [1.165, 1.54) is 15.3 Å². The molecule has 1 aliphatic heterocycles. The molecule has 0 radical (unpaired) electrons. The number of likely N-dealkylation sites (tertiary alicyclic amines) is 1. The van der Waals surface area contributed by atoms with Crippen molar-refractivity contribution in [1.82, 2.24) is 9.80 Å². The maximum absolute atomic E-state index is 12.5. The summed E-state index contributed by atoms with van der Waals surface area (Å²) in [5.41, 5.74) is 1.38. The highest BCUT2D eigenvalue weighted by Gasteiger charge is 2.23. The number of aliphatic carboxylic acids is 1. The molecule has 0 saturated carbocycles. The SMILES string of the molecule is Cc1cc(CCCC(=O)N2CCCC(N(C)CC(=O)O)CC2)c(C)s1. The van der Waals surface area contributed by atoms with E-state index >= 15 is 0 Å². The molecule has 5 nitrogen and oxygen atoms in total. The van der Waals surface area contributed by atoms with Gasteiger partial charge in [0.1, 0.15) is 0 Å². The van der Waals surface area contributed by atoms with E-state index in [-0.39, 0.29) is 18.5 Å². The number of hydrogen-bond acceptors (Lipinski definition) is 4. The fraction of sp³-hybridized carbons (Fsp3) is 0.684. The lowest BCUT2D eigenvalue weighted by atomic mass is 10.1. The molecule has 1 fully saturated rings. The summed E-state index contributed by atoms with van der Waals surface area (Å²) in [4.78, 5) is 29.9. The number of likely N-dealkylation sites (N-methyl/N-ethyl adjacent to an activating group) is 1. The van der Waals surface area contributed by atoms with Crippen molar-refractivity contribution in [3.8, 4) is 0 Å². The molecule has 0 aromatic carbocycles. The number of carboxylic acids is 1. The lowest BCUT2D eigenvalue weighted by Crippen LogP contribution is -2.37. The van der Waals surface area contributed by atoms with Gasteiger partial charge in [0, 0.05) is 35.3 Å². The second-order valence-corrected chi connectivity index (χ2v) is 8.53. The molecule has 1 saturated heterocycles. The number of nitrogens with zero attached hydrogens (tertiary/aromatic N) is 2. The molecule has 1 unspecified atom stereocenters. The molecule has 1 amide bonds. The van der Waals surface area contributed by atoms with Crippen LogP contribution in [0.4, 0.5) is 0 Å². The number of rotatable bonds is 7. The van der Waals surface area contributed by atoms with Crippen molar-refractivity contribution >= 4 is 23.2 Å². The van der Waals surface area contributed by atoms with Gasteiger partial charge in [-0.2, -0.15) is 0 Å². The second-order valence-electron chi connectivity index (χ2n) is 7.07. The van der Waals surface area contributed by atoms with E-state index in [1.807, 2.05) is 28.2 Å². The normalized spacial score (nSPS) is 18.4. The molecule has 1 atom stereocenters. The zero-order valence-corrected chi connectivity index (χ0v) is 16.4. The van der Waals surface area contributed by atoms with Crippen molar-refractivity contribution < 1.29 is 14.7 Å². The van der Waals surface area contributed by atoms with E-state index in [9.17, 15) is 9.59 Å². The summed E-state index contributed by atoms with van der Waals surface area (Å²) >= 11 is 1.82. The van der Waals surface area contributed by atoms with Gasteiger partial charge in [-0.1, -0.05) is 0 Å². The van der Waals surface area contributed by atoms with Crippen LogP contribution >= 0.6 is 11.3 Å². The minimum Gasteiger partial charge on any atom is -0.480 e.